The number of guanidine groups is 1. The van der Waals surface area contributed by atoms with E-state index >= 15 is 0 Å². The first-order chi connectivity index (χ1) is 12.2. The summed E-state index contributed by atoms with van der Waals surface area (Å²) in [6, 6.07) is 4.48. The predicted molar refractivity (Wildman–Crippen MR) is 91.5 cm³/mol. The molecule has 0 fully saturated rings. The third kappa shape index (κ3) is 5.00. The van der Waals surface area contributed by atoms with Crippen LogP contribution in [0.3, 0.4) is 0 Å². The van der Waals surface area contributed by atoms with Gasteiger partial charge < -0.3 is 21.1 Å². The number of carboxylic acids is 1. The molecule has 26 heavy (non-hydrogen) atoms. The first kappa shape index (κ1) is 19.3. The molecule has 0 aliphatic rings. The third-order valence-corrected chi connectivity index (χ3v) is 4.73. The van der Waals surface area contributed by atoms with Gasteiger partial charge in [-0.05, 0) is 19.1 Å². The zero-order chi connectivity index (χ0) is 19.3. The number of nitrogens with zero attached hydrogens (tertiary/aromatic N) is 3. The van der Waals surface area contributed by atoms with Gasteiger partial charge in [-0.3, -0.25) is 9.79 Å². The Balaban J connectivity index is 2.20. The standard InChI is InChI=1S/C14H18N6O5S/c1-8(13(21)22)20-26(23,24)10-4-2-3-9(7-10)12-18-11(25-19-12)5-6-17-14(15)16/h2-4,7-8,20H,5-6H2,1H3,(H,21,22)(H4,15,16,17). The number of aliphatic imine (C=N–C) groups is 1. The number of sulfonamides is 1. The highest BCUT2D eigenvalue weighted by molar-refractivity contribution is 7.89. The molecule has 1 aromatic carbocycles. The van der Waals surface area contributed by atoms with Gasteiger partial charge in [0.1, 0.15) is 6.04 Å². The summed E-state index contributed by atoms with van der Waals surface area (Å²) >= 11 is 0. The van der Waals surface area contributed by atoms with Crippen molar-refractivity contribution < 1.29 is 22.8 Å². The maximum absolute atomic E-state index is 12.3. The highest BCUT2D eigenvalue weighted by Gasteiger charge is 2.22. The summed E-state index contributed by atoms with van der Waals surface area (Å²) in [5, 5.41) is 12.6. The van der Waals surface area contributed by atoms with E-state index in [0.717, 1.165) is 0 Å². The van der Waals surface area contributed by atoms with Crippen LogP contribution in [0.4, 0.5) is 0 Å². The number of carboxylic acid groups (broad SMARTS) is 1. The van der Waals surface area contributed by atoms with Crippen LogP contribution in [0.15, 0.2) is 38.7 Å². The number of aliphatic carboxylic acids is 1. The van der Waals surface area contributed by atoms with Gasteiger partial charge in [-0.25, -0.2) is 8.42 Å². The van der Waals surface area contributed by atoms with Crippen LogP contribution in [-0.4, -0.2) is 48.2 Å². The van der Waals surface area contributed by atoms with Gasteiger partial charge in [0.05, 0.1) is 11.4 Å². The Morgan fingerprint density at radius 2 is 2.15 bits per heavy atom. The van der Waals surface area contributed by atoms with Crippen molar-refractivity contribution in [3.05, 3.63) is 30.2 Å². The van der Waals surface area contributed by atoms with E-state index in [-0.39, 0.29) is 29.1 Å². The smallest absolute Gasteiger partial charge is 0.321 e. The van der Waals surface area contributed by atoms with Crippen LogP contribution >= 0.6 is 0 Å². The molecule has 0 amide bonds. The van der Waals surface area contributed by atoms with Crippen LogP contribution in [0.1, 0.15) is 12.8 Å². The second-order valence-corrected chi connectivity index (χ2v) is 6.99. The lowest BCUT2D eigenvalue weighted by atomic mass is 10.2. The minimum atomic E-state index is -4.01. The normalized spacial score (nSPS) is 12.5. The lowest BCUT2D eigenvalue weighted by Gasteiger charge is -2.10. The molecule has 0 aliphatic heterocycles. The summed E-state index contributed by atoms with van der Waals surface area (Å²) in [5.74, 6) is -0.858. The molecule has 140 valence electrons. The van der Waals surface area contributed by atoms with Crippen LogP contribution < -0.4 is 16.2 Å². The van der Waals surface area contributed by atoms with Crippen molar-refractivity contribution in [2.75, 3.05) is 6.54 Å². The van der Waals surface area contributed by atoms with Crippen LogP contribution in [0.2, 0.25) is 0 Å². The van der Waals surface area contributed by atoms with Crippen LogP contribution in [0.25, 0.3) is 11.4 Å². The summed E-state index contributed by atoms with van der Waals surface area (Å²) in [6.07, 6.45) is 0.320. The molecule has 11 nitrogen and oxygen atoms in total. The molecular weight excluding hydrogens is 364 g/mol. The fourth-order valence-corrected chi connectivity index (χ4v) is 3.15. The third-order valence-electron chi connectivity index (χ3n) is 3.19. The molecule has 2 rings (SSSR count). The van der Waals surface area contributed by atoms with E-state index in [1.807, 2.05) is 0 Å². The van der Waals surface area contributed by atoms with E-state index in [0.29, 0.717) is 12.0 Å². The molecule has 12 heteroatoms. The maximum atomic E-state index is 12.3. The molecule has 0 spiro atoms. The summed E-state index contributed by atoms with van der Waals surface area (Å²) in [7, 11) is -4.01. The maximum Gasteiger partial charge on any atom is 0.321 e. The van der Waals surface area contributed by atoms with E-state index < -0.39 is 22.0 Å². The van der Waals surface area contributed by atoms with E-state index in [2.05, 4.69) is 19.9 Å². The summed E-state index contributed by atoms with van der Waals surface area (Å²) in [4.78, 5) is 18.7. The highest BCUT2D eigenvalue weighted by Crippen LogP contribution is 2.20. The molecule has 1 atom stereocenters. The number of nitrogens with two attached hydrogens (primary N) is 2. The quantitative estimate of drug-likeness (QED) is 0.338. The Morgan fingerprint density at radius 1 is 1.42 bits per heavy atom. The second-order valence-electron chi connectivity index (χ2n) is 5.28. The number of rotatable bonds is 8. The van der Waals surface area contributed by atoms with E-state index in [9.17, 15) is 13.2 Å². The van der Waals surface area contributed by atoms with Crippen LogP contribution in [-0.2, 0) is 21.2 Å². The Kier molecular flexibility index (Phi) is 5.90. The largest absolute Gasteiger partial charge is 0.480 e. The average Bonchev–Trinajstić information content (AvgIpc) is 3.03. The molecule has 0 bridgehead atoms. The Morgan fingerprint density at radius 3 is 2.81 bits per heavy atom. The van der Waals surface area contributed by atoms with Crippen molar-refractivity contribution in [1.29, 1.82) is 0 Å². The minimum Gasteiger partial charge on any atom is -0.480 e. The molecule has 0 aliphatic carbocycles. The number of aromatic nitrogens is 2. The molecule has 0 radical (unpaired) electrons. The molecule has 0 saturated heterocycles. The molecule has 1 aromatic heterocycles. The molecule has 1 unspecified atom stereocenters. The van der Waals surface area contributed by atoms with Crippen molar-refractivity contribution in [3.63, 3.8) is 0 Å². The predicted octanol–water partition coefficient (Wildman–Crippen LogP) is -0.696. The number of carbonyl (C=O) groups is 1. The topological polar surface area (TPSA) is 187 Å². The SMILES string of the molecule is CC(NS(=O)(=O)c1cccc(-c2noc(CCN=C(N)N)n2)c1)C(=O)O. The first-order valence-electron chi connectivity index (χ1n) is 7.42. The van der Waals surface area contributed by atoms with E-state index in [1.54, 1.807) is 6.07 Å². The van der Waals surface area contributed by atoms with Gasteiger partial charge in [0.25, 0.3) is 0 Å². The molecule has 0 saturated carbocycles. The van der Waals surface area contributed by atoms with Crippen LogP contribution in [0.5, 0.6) is 0 Å². The van der Waals surface area contributed by atoms with Gasteiger partial charge in [0, 0.05) is 12.0 Å². The number of hydrogen-bond acceptors (Lipinski definition) is 7. The fraction of sp³-hybridized carbons (Fsp3) is 0.286. The first-order valence-corrected chi connectivity index (χ1v) is 8.91. The van der Waals surface area contributed by atoms with Crippen LogP contribution in [0, 0.1) is 0 Å². The molecule has 2 aromatic rings. The number of nitrogens with one attached hydrogen (secondary N) is 1. The summed E-state index contributed by atoms with van der Waals surface area (Å²) in [6.45, 7) is 1.50. The molecular formula is C14H18N6O5S. The molecule has 6 N–H and O–H groups in total. The Labute approximate surface area is 149 Å². The van der Waals surface area contributed by atoms with Gasteiger partial charge in [-0.2, -0.15) is 9.71 Å². The zero-order valence-corrected chi connectivity index (χ0v) is 14.6. The van der Waals surface area contributed by atoms with E-state index in [4.69, 9.17) is 21.1 Å². The fourth-order valence-electron chi connectivity index (χ4n) is 1.91. The van der Waals surface area contributed by atoms with Gasteiger partial charge >= 0.3 is 5.97 Å². The van der Waals surface area contributed by atoms with Crippen molar-refractivity contribution in [2.24, 2.45) is 16.5 Å². The zero-order valence-electron chi connectivity index (χ0n) is 13.8. The lowest BCUT2D eigenvalue weighted by molar-refractivity contribution is -0.138. The van der Waals surface area contributed by atoms with Crippen molar-refractivity contribution in [1.82, 2.24) is 14.9 Å². The molecule has 1 heterocycles. The van der Waals surface area contributed by atoms with Gasteiger partial charge in [0.15, 0.2) is 5.96 Å². The van der Waals surface area contributed by atoms with Gasteiger partial charge in [0.2, 0.25) is 21.7 Å². The minimum absolute atomic E-state index is 0.0502. The highest BCUT2D eigenvalue weighted by atomic mass is 32.2. The van der Waals surface area contributed by atoms with Crippen molar-refractivity contribution >= 4 is 22.0 Å². The van der Waals surface area contributed by atoms with Gasteiger partial charge in [-0.1, -0.05) is 17.3 Å². The average molecular weight is 382 g/mol. The van der Waals surface area contributed by atoms with Gasteiger partial charge in [-0.15, -0.1) is 0 Å². The van der Waals surface area contributed by atoms with Crippen molar-refractivity contribution in [3.8, 4) is 11.4 Å². The second kappa shape index (κ2) is 7.93. The summed E-state index contributed by atoms with van der Waals surface area (Å²) in [5.41, 5.74) is 10.8. The number of hydrogen-bond donors (Lipinski definition) is 4. The lowest BCUT2D eigenvalue weighted by Crippen LogP contribution is -2.38. The van der Waals surface area contributed by atoms with Crippen molar-refractivity contribution in [2.45, 2.75) is 24.3 Å². The Hall–Kier alpha value is -2.99. The summed E-state index contributed by atoms with van der Waals surface area (Å²) < 4.78 is 31.7. The Bertz CT molecular complexity index is 919. The van der Waals surface area contributed by atoms with E-state index in [1.165, 1.54) is 25.1 Å². The monoisotopic (exact) mass is 382 g/mol. The number of benzene rings is 1.